The second-order valence-corrected chi connectivity index (χ2v) is 11.3. The number of benzene rings is 3. The van der Waals surface area contributed by atoms with E-state index in [4.69, 9.17) is 5.73 Å². The van der Waals surface area contributed by atoms with Gasteiger partial charge in [-0.3, -0.25) is 9.52 Å². The van der Waals surface area contributed by atoms with Gasteiger partial charge in [-0.2, -0.15) is 0 Å². The van der Waals surface area contributed by atoms with Gasteiger partial charge in [0.15, 0.2) is 17.5 Å². The smallest absolute Gasteiger partial charge is 0.250 e. The van der Waals surface area contributed by atoms with Crippen LogP contribution in [0, 0.1) is 30.2 Å². The van der Waals surface area contributed by atoms with Crippen molar-refractivity contribution >= 4 is 33.0 Å². The predicted molar refractivity (Wildman–Crippen MR) is 129 cm³/mol. The van der Waals surface area contributed by atoms with E-state index in [0.717, 1.165) is 6.07 Å². The Hall–Kier alpha value is -3.60. The van der Waals surface area contributed by atoms with Gasteiger partial charge in [-0.15, -0.1) is 0 Å². The molecule has 1 aliphatic rings. The fraction of sp³-hybridized carbons (Fsp3) is 0.240. The number of nitrogens with one attached hydrogen (secondary N) is 2. The molecule has 0 spiro atoms. The van der Waals surface area contributed by atoms with Gasteiger partial charge in [-0.1, -0.05) is 18.2 Å². The standard InChI is InChI=1S/C25H23F4N3O3S/c1-13-6-7-18(17(26)10-13)31-23-16(24(30)33)12-15(21(28)22(23)29)11-14-4-3-5-19(20(14)27)32-36(34,35)25(2)8-9-25/h3-7,10,12,31-32H,8-9,11H2,1-2H3,(H2,30,33). The zero-order chi connectivity index (χ0) is 26.4. The fourth-order valence-corrected chi connectivity index (χ4v) is 5.03. The number of hydrogen-bond acceptors (Lipinski definition) is 4. The Kier molecular flexibility index (Phi) is 6.46. The lowest BCUT2D eigenvalue weighted by Crippen LogP contribution is -2.27. The molecule has 3 aromatic carbocycles. The minimum atomic E-state index is -3.85. The van der Waals surface area contributed by atoms with Gasteiger partial charge >= 0.3 is 0 Å². The van der Waals surface area contributed by atoms with Gasteiger partial charge in [-0.25, -0.2) is 26.0 Å². The van der Waals surface area contributed by atoms with Gasteiger partial charge in [-0.05, 0) is 67.6 Å². The number of carbonyl (C=O) groups excluding carboxylic acids is 1. The van der Waals surface area contributed by atoms with Gasteiger partial charge in [0.25, 0.3) is 5.91 Å². The van der Waals surface area contributed by atoms with Gasteiger partial charge < -0.3 is 11.1 Å². The van der Waals surface area contributed by atoms with Crippen molar-refractivity contribution in [3.05, 3.63) is 88.0 Å². The summed E-state index contributed by atoms with van der Waals surface area (Å²) in [4.78, 5) is 12.0. The van der Waals surface area contributed by atoms with Gasteiger partial charge in [0.05, 0.1) is 27.4 Å². The number of carbonyl (C=O) groups is 1. The summed E-state index contributed by atoms with van der Waals surface area (Å²) in [5.74, 6) is -5.73. The Balaban J connectivity index is 1.70. The number of aryl methyl sites for hydroxylation is 1. The molecule has 0 aromatic heterocycles. The van der Waals surface area contributed by atoms with Crippen molar-refractivity contribution in [2.75, 3.05) is 10.0 Å². The maximum Gasteiger partial charge on any atom is 0.250 e. The highest BCUT2D eigenvalue weighted by Gasteiger charge is 2.50. The number of anilines is 3. The normalized spacial score (nSPS) is 14.4. The molecule has 11 heteroatoms. The molecule has 190 valence electrons. The highest BCUT2D eigenvalue weighted by atomic mass is 32.2. The van der Waals surface area contributed by atoms with Crippen LogP contribution < -0.4 is 15.8 Å². The molecule has 0 bridgehead atoms. The van der Waals surface area contributed by atoms with Gasteiger partial charge in [0.2, 0.25) is 10.0 Å². The lowest BCUT2D eigenvalue weighted by Gasteiger charge is -2.17. The van der Waals surface area contributed by atoms with E-state index in [9.17, 15) is 17.6 Å². The van der Waals surface area contributed by atoms with Crippen LogP contribution in [0.15, 0.2) is 42.5 Å². The topological polar surface area (TPSA) is 101 Å². The van der Waals surface area contributed by atoms with Crippen molar-refractivity contribution in [3.63, 3.8) is 0 Å². The van der Waals surface area contributed by atoms with E-state index in [1.165, 1.54) is 36.4 Å². The Morgan fingerprint density at radius 1 is 0.972 bits per heavy atom. The van der Waals surface area contributed by atoms with Gasteiger partial charge in [0, 0.05) is 6.42 Å². The Labute approximate surface area is 205 Å². The summed E-state index contributed by atoms with van der Waals surface area (Å²) in [5, 5.41) is 2.37. The summed E-state index contributed by atoms with van der Waals surface area (Å²) in [5.41, 5.74) is 3.75. The van der Waals surface area contributed by atoms with E-state index < -0.39 is 67.2 Å². The zero-order valence-electron chi connectivity index (χ0n) is 19.4. The van der Waals surface area contributed by atoms with Crippen LogP contribution in [0.3, 0.4) is 0 Å². The SMILES string of the molecule is Cc1ccc(Nc2c(C(N)=O)cc(Cc3cccc(NS(=O)(=O)C4(C)CC4)c3F)c(F)c2F)c(F)c1. The molecule has 6 nitrogen and oxygen atoms in total. The first-order valence-electron chi connectivity index (χ1n) is 11.0. The van der Waals surface area contributed by atoms with Gasteiger partial charge in [0.1, 0.15) is 5.82 Å². The lowest BCUT2D eigenvalue weighted by molar-refractivity contribution is 0.100. The third-order valence-electron chi connectivity index (χ3n) is 6.24. The Morgan fingerprint density at radius 2 is 1.67 bits per heavy atom. The van der Waals surface area contributed by atoms with E-state index >= 15 is 13.2 Å². The molecular formula is C25H23F4N3O3S. The third kappa shape index (κ3) is 4.75. The second kappa shape index (κ2) is 9.12. The van der Waals surface area contributed by atoms with Crippen molar-refractivity contribution in [1.29, 1.82) is 0 Å². The minimum Gasteiger partial charge on any atom is -0.366 e. The minimum absolute atomic E-state index is 0.143. The molecule has 1 saturated carbocycles. The van der Waals surface area contributed by atoms with Crippen LogP contribution in [0.4, 0.5) is 34.6 Å². The summed E-state index contributed by atoms with van der Waals surface area (Å²) in [7, 11) is -3.85. The van der Waals surface area contributed by atoms with E-state index in [0.29, 0.717) is 18.4 Å². The number of halogens is 4. The van der Waals surface area contributed by atoms with E-state index in [1.807, 2.05) is 0 Å². The van der Waals surface area contributed by atoms with Crippen molar-refractivity contribution in [2.24, 2.45) is 5.73 Å². The first kappa shape index (κ1) is 25.5. The van der Waals surface area contributed by atoms with Crippen molar-refractivity contribution < 1.29 is 30.8 Å². The van der Waals surface area contributed by atoms with Crippen molar-refractivity contribution in [3.8, 4) is 0 Å². The summed E-state index contributed by atoms with van der Waals surface area (Å²) >= 11 is 0. The second-order valence-electron chi connectivity index (χ2n) is 9.07. The fourth-order valence-electron chi connectivity index (χ4n) is 3.69. The summed E-state index contributed by atoms with van der Waals surface area (Å²) in [6.07, 6.45) is 0.370. The van der Waals surface area contributed by atoms with Crippen LogP contribution in [-0.2, 0) is 16.4 Å². The lowest BCUT2D eigenvalue weighted by atomic mass is 9.99. The van der Waals surface area contributed by atoms with Crippen molar-refractivity contribution in [1.82, 2.24) is 0 Å². The molecule has 0 unspecified atom stereocenters. The molecular weight excluding hydrogens is 498 g/mol. The Bertz CT molecular complexity index is 1490. The highest BCUT2D eigenvalue weighted by Crippen LogP contribution is 2.43. The molecule has 0 atom stereocenters. The molecule has 0 heterocycles. The van der Waals surface area contributed by atoms with Crippen LogP contribution in [0.2, 0.25) is 0 Å². The van der Waals surface area contributed by atoms with Crippen LogP contribution in [0.1, 0.15) is 46.8 Å². The number of sulfonamides is 1. The average molecular weight is 522 g/mol. The summed E-state index contributed by atoms with van der Waals surface area (Å²) in [6, 6.07) is 8.82. The third-order valence-corrected chi connectivity index (χ3v) is 8.43. The van der Waals surface area contributed by atoms with Crippen molar-refractivity contribution in [2.45, 2.75) is 37.9 Å². The first-order valence-corrected chi connectivity index (χ1v) is 12.4. The molecule has 0 aliphatic heterocycles. The molecule has 1 aliphatic carbocycles. The maximum absolute atomic E-state index is 15.1. The largest absolute Gasteiger partial charge is 0.366 e. The van der Waals surface area contributed by atoms with E-state index in [-0.39, 0.29) is 16.9 Å². The zero-order valence-corrected chi connectivity index (χ0v) is 20.2. The molecule has 4 rings (SSSR count). The molecule has 0 saturated heterocycles. The highest BCUT2D eigenvalue weighted by molar-refractivity contribution is 7.94. The molecule has 4 N–H and O–H groups in total. The van der Waals surface area contributed by atoms with Crippen LogP contribution in [0.5, 0.6) is 0 Å². The quantitative estimate of drug-likeness (QED) is 0.351. The number of nitrogens with two attached hydrogens (primary N) is 1. The molecule has 1 fully saturated rings. The number of hydrogen-bond donors (Lipinski definition) is 3. The van der Waals surface area contributed by atoms with Crippen LogP contribution in [0.25, 0.3) is 0 Å². The number of rotatable bonds is 8. The predicted octanol–water partition coefficient (Wildman–Crippen LogP) is 5.28. The van der Waals surface area contributed by atoms with E-state index in [1.54, 1.807) is 13.8 Å². The average Bonchev–Trinajstić information content (AvgIpc) is 3.56. The number of amides is 1. The number of primary amides is 1. The first-order chi connectivity index (χ1) is 16.8. The summed E-state index contributed by atoms with van der Waals surface area (Å²) in [6.45, 7) is 3.18. The molecule has 0 radical (unpaired) electrons. The van der Waals surface area contributed by atoms with Crippen LogP contribution >= 0.6 is 0 Å². The van der Waals surface area contributed by atoms with Crippen LogP contribution in [-0.4, -0.2) is 19.1 Å². The maximum atomic E-state index is 15.1. The molecule has 1 amide bonds. The molecule has 3 aromatic rings. The summed E-state index contributed by atoms with van der Waals surface area (Å²) < 4.78 is 85.7. The monoisotopic (exact) mass is 521 g/mol. The Morgan fingerprint density at radius 3 is 2.28 bits per heavy atom. The molecule has 36 heavy (non-hydrogen) atoms. The van der Waals surface area contributed by atoms with E-state index in [2.05, 4.69) is 10.0 Å².